The lowest BCUT2D eigenvalue weighted by Crippen LogP contribution is -2.28. The minimum atomic E-state index is -0.313. The fraction of sp³-hybridized carbons (Fsp3) is 0.130. The summed E-state index contributed by atoms with van der Waals surface area (Å²) in [5.74, 6) is 0.264. The Morgan fingerprint density at radius 1 is 1.16 bits per heavy atom. The first-order valence-corrected chi connectivity index (χ1v) is 11.7. The number of aryl methyl sites for hydroxylation is 1. The maximum Gasteiger partial charge on any atom is 0.263 e. The van der Waals surface area contributed by atoms with E-state index in [1.54, 1.807) is 28.3 Å². The number of amides is 1. The van der Waals surface area contributed by atoms with Gasteiger partial charge in [-0.3, -0.25) is 14.2 Å². The smallest absolute Gasteiger partial charge is 0.263 e. The van der Waals surface area contributed by atoms with Crippen LogP contribution in [0.5, 0.6) is 0 Å². The van der Waals surface area contributed by atoms with Crippen molar-refractivity contribution in [3.05, 3.63) is 87.2 Å². The first-order valence-electron chi connectivity index (χ1n) is 9.96. The Bertz CT molecular complexity index is 1460. The van der Waals surface area contributed by atoms with Crippen LogP contribution in [0, 0.1) is 6.92 Å². The molecule has 1 amide bonds. The number of thiophene rings is 2. The van der Waals surface area contributed by atoms with Crippen molar-refractivity contribution < 1.29 is 4.79 Å². The Morgan fingerprint density at radius 2 is 2.06 bits per heavy atom. The molecule has 0 saturated heterocycles. The van der Waals surface area contributed by atoms with Crippen LogP contribution < -0.4 is 10.9 Å². The molecule has 1 aromatic carbocycles. The summed E-state index contributed by atoms with van der Waals surface area (Å²) in [6.45, 7) is 2.45. The van der Waals surface area contributed by atoms with Crippen LogP contribution in [0.25, 0.3) is 20.7 Å². The Kier molecular flexibility index (Phi) is 5.42. The van der Waals surface area contributed by atoms with E-state index in [-0.39, 0.29) is 18.0 Å². The van der Waals surface area contributed by atoms with Gasteiger partial charge in [0.2, 0.25) is 5.91 Å². The van der Waals surface area contributed by atoms with Crippen LogP contribution >= 0.6 is 22.7 Å². The highest BCUT2D eigenvalue weighted by Gasteiger charge is 2.16. The van der Waals surface area contributed by atoms with E-state index in [4.69, 9.17) is 0 Å². The molecule has 32 heavy (non-hydrogen) atoms. The molecule has 5 rings (SSSR count). The summed E-state index contributed by atoms with van der Waals surface area (Å²) in [6, 6.07) is 13.8. The number of hydrogen-bond acceptors (Lipinski definition) is 6. The van der Waals surface area contributed by atoms with E-state index in [1.165, 1.54) is 22.2 Å². The molecule has 1 N–H and O–H groups in total. The quantitative estimate of drug-likeness (QED) is 0.407. The van der Waals surface area contributed by atoms with Crippen molar-refractivity contribution in [2.75, 3.05) is 5.32 Å². The van der Waals surface area contributed by atoms with Gasteiger partial charge >= 0.3 is 0 Å². The van der Waals surface area contributed by atoms with E-state index in [0.717, 1.165) is 21.6 Å². The van der Waals surface area contributed by atoms with Gasteiger partial charge in [0.15, 0.2) is 0 Å². The largest absolute Gasteiger partial charge is 0.309 e. The number of anilines is 1. The zero-order valence-electron chi connectivity index (χ0n) is 17.2. The summed E-state index contributed by atoms with van der Waals surface area (Å²) in [6.07, 6.45) is 3.08. The molecule has 0 aliphatic rings. The van der Waals surface area contributed by atoms with Gasteiger partial charge in [-0.15, -0.1) is 22.7 Å². The third kappa shape index (κ3) is 4.00. The van der Waals surface area contributed by atoms with Crippen LogP contribution in [0.2, 0.25) is 0 Å². The molecule has 0 unspecified atom stereocenters. The van der Waals surface area contributed by atoms with Crippen molar-refractivity contribution in [1.29, 1.82) is 0 Å². The Hall–Kier alpha value is -3.56. The van der Waals surface area contributed by atoms with Crippen LogP contribution in [0.4, 0.5) is 5.82 Å². The van der Waals surface area contributed by atoms with Crippen molar-refractivity contribution in [1.82, 2.24) is 19.3 Å². The number of rotatable bonds is 6. The molecule has 5 aromatic rings. The van der Waals surface area contributed by atoms with Crippen LogP contribution in [-0.4, -0.2) is 25.2 Å². The molecule has 0 fully saturated rings. The molecule has 160 valence electrons. The standard InChI is InChI=1S/C23H19N5O2S2/c1-15-4-2-5-16(10-15)11-28-19(7-8-25-28)26-20(29)12-27-14-24-22-21(23(27)30)17(13-32-22)18-6-3-9-31-18/h2-10,13-14H,11-12H2,1H3,(H,26,29). The molecule has 4 heterocycles. The van der Waals surface area contributed by atoms with Gasteiger partial charge in [0.1, 0.15) is 17.2 Å². The van der Waals surface area contributed by atoms with Gasteiger partial charge in [0, 0.05) is 21.9 Å². The summed E-state index contributed by atoms with van der Waals surface area (Å²) in [4.78, 5) is 31.9. The van der Waals surface area contributed by atoms with Gasteiger partial charge in [0.25, 0.3) is 5.56 Å². The summed E-state index contributed by atoms with van der Waals surface area (Å²) in [5, 5.41) is 11.7. The van der Waals surface area contributed by atoms with Gasteiger partial charge in [-0.2, -0.15) is 5.10 Å². The van der Waals surface area contributed by atoms with Gasteiger partial charge in [-0.05, 0) is 23.9 Å². The minimum Gasteiger partial charge on any atom is -0.309 e. The molecule has 7 nitrogen and oxygen atoms in total. The summed E-state index contributed by atoms with van der Waals surface area (Å²) in [7, 11) is 0. The molecule has 0 spiro atoms. The van der Waals surface area contributed by atoms with E-state index in [9.17, 15) is 9.59 Å². The highest BCUT2D eigenvalue weighted by molar-refractivity contribution is 7.18. The number of hydrogen-bond donors (Lipinski definition) is 1. The van der Waals surface area contributed by atoms with Gasteiger partial charge in [-0.1, -0.05) is 35.9 Å². The molecule has 9 heteroatoms. The van der Waals surface area contributed by atoms with Crippen molar-refractivity contribution in [3.8, 4) is 10.4 Å². The molecule has 0 aliphatic carbocycles. The zero-order chi connectivity index (χ0) is 22.1. The summed E-state index contributed by atoms with van der Waals surface area (Å²) >= 11 is 3.00. The van der Waals surface area contributed by atoms with Crippen LogP contribution in [0.1, 0.15) is 11.1 Å². The Balaban J connectivity index is 1.36. The normalized spacial score (nSPS) is 11.2. The Morgan fingerprint density at radius 3 is 2.88 bits per heavy atom. The monoisotopic (exact) mass is 461 g/mol. The van der Waals surface area contributed by atoms with Gasteiger partial charge in [-0.25, -0.2) is 9.67 Å². The number of carbonyl (C=O) groups is 1. The fourth-order valence-electron chi connectivity index (χ4n) is 3.58. The van der Waals surface area contributed by atoms with Crippen LogP contribution in [0.3, 0.4) is 0 Å². The third-order valence-electron chi connectivity index (χ3n) is 5.06. The topological polar surface area (TPSA) is 81.8 Å². The molecule has 0 bridgehead atoms. The predicted molar refractivity (Wildman–Crippen MR) is 128 cm³/mol. The highest BCUT2D eigenvalue weighted by atomic mass is 32.1. The molecule has 4 aromatic heterocycles. The second-order valence-corrected chi connectivity index (χ2v) is 9.20. The minimum absolute atomic E-state index is 0.128. The number of carbonyl (C=O) groups excluding carboxylic acids is 1. The lowest BCUT2D eigenvalue weighted by molar-refractivity contribution is -0.116. The molecule has 0 saturated carbocycles. The molecule has 0 aliphatic heterocycles. The number of benzene rings is 1. The first-order chi connectivity index (χ1) is 15.6. The number of nitrogens with one attached hydrogen (secondary N) is 1. The van der Waals surface area contributed by atoms with Crippen molar-refractivity contribution in [2.24, 2.45) is 0 Å². The molecule has 0 radical (unpaired) electrons. The predicted octanol–water partition coefficient (Wildman–Crippen LogP) is 4.38. The summed E-state index contributed by atoms with van der Waals surface area (Å²) < 4.78 is 3.08. The maximum atomic E-state index is 13.1. The van der Waals surface area contributed by atoms with Crippen molar-refractivity contribution >= 4 is 44.6 Å². The second-order valence-electron chi connectivity index (χ2n) is 7.40. The van der Waals surface area contributed by atoms with Gasteiger partial charge in [0.05, 0.1) is 24.5 Å². The first kappa shape index (κ1) is 20.3. The van der Waals surface area contributed by atoms with Crippen LogP contribution in [-0.2, 0) is 17.9 Å². The SMILES string of the molecule is Cc1cccc(Cn2nccc2NC(=O)Cn2cnc3scc(-c4cccs4)c3c2=O)c1. The van der Waals surface area contributed by atoms with Crippen molar-refractivity contribution in [3.63, 3.8) is 0 Å². The number of fused-ring (bicyclic) bond motifs is 1. The van der Waals surface area contributed by atoms with E-state index >= 15 is 0 Å². The molecule has 0 atom stereocenters. The van der Waals surface area contributed by atoms with E-state index in [1.807, 2.05) is 48.0 Å². The molecular formula is C23H19N5O2S2. The molecular weight excluding hydrogens is 442 g/mol. The number of aromatic nitrogens is 4. The van der Waals surface area contributed by atoms with E-state index < -0.39 is 0 Å². The maximum absolute atomic E-state index is 13.1. The van der Waals surface area contributed by atoms with Crippen LogP contribution in [0.15, 0.2) is 70.5 Å². The fourth-order valence-corrected chi connectivity index (χ4v) is 5.30. The van der Waals surface area contributed by atoms with E-state index in [0.29, 0.717) is 22.6 Å². The second kappa shape index (κ2) is 8.52. The Labute approximate surface area is 191 Å². The number of nitrogens with zero attached hydrogens (tertiary/aromatic N) is 4. The summed E-state index contributed by atoms with van der Waals surface area (Å²) in [5.41, 5.74) is 2.90. The third-order valence-corrected chi connectivity index (χ3v) is 6.85. The lowest BCUT2D eigenvalue weighted by atomic mass is 10.1. The van der Waals surface area contributed by atoms with E-state index in [2.05, 4.69) is 21.5 Å². The average Bonchev–Trinajstić information content (AvgIpc) is 3.52. The lowest BCUT2D eigenvalue weighted by Gasteiger charge is -2.10. The van der Waals surface area contributed by atoms with Crippen molar-refractivity contribution in [2.45, 2.75) is 20.0 Å². The van der Waals surface area contributed by atoms with Gasteiger partial charge < -0.3 is 5.32 Å². The average molecular weight is 462 g/mol. The zero-order valence-corrected chi connectivity index (χ0v) is 18.8. The highest BCUT2D eigenvalue weighted by Crippen LogP contribution is 2.33.